The molecule has 0 aliphatic rings. The zero-order chi connectivity index (χ0) is 16.3. The normalized spacial score (nSPS) is 11.3. The van der Waals surface area contributed by atoms with Crippen molar-refractivity contribution in [3.8, 4) is 5.69 Å². The summed E-state index contributed by atoms with van der Waals surface area (Å²) in [6, 6.07) is 18.7. The molecular weight excluding hydrogens is 308 g/mol. The summed E-state index contributed by atoms with van der Waals surface area (Å²) < 4.78 is 29.1. The summed E-state index contributed by atoms with van der Waals surface area (Å²) >= 11 is 0. The highest BCUT2D eigenvalue weighted by atomic mass is 32.2. The number of aryl methyl sites for hydroxylation is 1. The van der Waals surface area contributed by atoms with Crippen LogP contribution in [0.1, 0.15) is 11.1 Å². The van der Waals surface area contributed by atoms with Crippen molar-refractivity contribution in [2.24, 2.45) is 0 Å². The number of anilines is 1. The minimum atomic E-state index is -3.43. The molecule has 0 radical (unpaired) electrons. The minimum absolute atomic E-state index is 0.0337. The van der Waals surface area contributed by atoms with Crippen LogP contribution in [0.4, 0.5) is 5.69 Å². The summed E-state index contributed by atoms with van der Waals surface area (Å²) in [7, 11) is -3.43. The van der Waals surface area contributed by atoms with Crippen LogP contribution in [-0.2, 0) is 15.8 Å². The Morgan fingerprint density at radius 1 is 0.957 bits per heavy atom. The number of rotatable bonds is 5. The molecule has 0 saturated carbocycles. The van der Waals surface area contributed by atoms with E-state index in [1.165, 1.54) is 0 Å². The number of hydrogen-bond donors (Lipinski definition) is 1. The average Bonchev–Trinajstić information content (AvgIpc) is 3.01. The summed E-state index contributed by atoms with van der Waals surface area (Å²) in [6.07, 6.45) is 3.88. The molecule has 0 unspecified atom stereocenters. The van der Waals surface area contributed by atoms with Gasteiger partial charge in [0.25, 0.3) is 0 Å². The van der Waals surface area contributed by atoms with Gasteiger partial charge in [0.05, 0.1) is 5.75 Å². The quantitative estimate of drug-likeness (QED) is 0.777. The molecular formula is C18H18N2O2S. The average molecular weight is 326 g/mol. The molecule has 1 heterocycles. The smallest absolute Gasteiger partial charge is 0.236 e. The van der Waals surface area contributed by atoms with E-state index in [0.29, 0.717) is 5.69 Å². The van der Waals surface area contributed by atoms with Gasteiger partial charge in [0.15, 0.2) is 0 Å². The second-order valence-electron chi connectivity index (χ2n) is 5.49. The van der Waals surface area contributed by atoms with E-state index in [1.807, 2.05) is 72.4 Å². The lowest BCUT2D eigenvalue weighted by molar-refractivity contribution is 0.600. The van der Waals surface area contributed by atoms with Crippen molar-refractivity contribution >= 4 is 15.7 Å². The molecule has 5 heteroatoms. The molecule has 3 aromatic rings. The molecule has 0 bridgehead atoms. The van der Waals surface area contributed by atoms with Gasteiger partial charge in [0.2, 0.25) is 10.0 Å². The first-order valence-corrected chi connectivity index (χ1v) is 8.96. The number of sulfonamides is 1. The lowest BCUT2D eigenvalue weighted by atomic mass is 10.2. The van der Waals surface area contributed by atoms with Crippen LogP contribution in [0.5, 0.6) is 0 Å². The fraction of sp³-hybridized carbons (Fsp3) is 0.111. The molecule has 0 aliphatic carbocycles. The summed E-state index contributed by atoms with van der Waals surface area (Å²) in [5, 5.41) is 0. The third-order valence-corrected chi connectivity index (χ3v) is 4.74. The highest BCUT2D eigenvalue weighted by Gasteiger charge is 2.12. The van der Waals surface area contributed by atoms with Crippen LogP contribution in [0.25, 0.3) is 5.69 Å². The number of aromatic nitrogens is 1. The van der Waals surface area contributed by atoms with E-state index in [9.17, 15) is 8.42 Å². The predicted molar refractivity (Wildman–Crippen MR) is 93.2 cm³/mol. The summed E-state index contributed by atoms with van der Waals surface area (Å²) in [4.78, 5) is 0. The van der Waals surface area contributed by atoms with Crippen molar-refractivity contribution in [3.05, 3.63) is 84.2 Å². The lowest BCUT2D eigenvalue weighted by Crippen LogP contribution is -2.15. The van der Waals surface area contributed by atoms with Gasteiger partial charge in [-0.05, 0) is 48.9 Å². The van der Waals surface area contributed by atoms with Gasteiger partial charge in [0.1, 0.15) is 0 Å². The van der Waals surface area contributed by atoms with Gasteiger partial charge in [-0.1, -0.05) is 29.8 Å². The molecule has 1 N–H and O–H groups in total. The molecule has 118 valence electrons. The summed E-state index contributed by atoms with van der Waals surface area (Å²) in [5.74, 6) is -0.0337. The van der Waals surface area contributed by atoms with Crippen LogP contribution < -0.4 is 4.72 Å². The monoisotopic (exact) mass is 326 g/mol. The van der Waals surface area contributed by atoms with Crippen LogP contribution in [-0.4, -0.2) is 13.0 Å². The predicted octanol–water partition coefficient (Wildman–Crippen LogP) is 3.73. The third-order valence-electron chi connectivity index (χ3n) is 3.48. The van der Waals surface area contributed by atoms with Crippen molar-refractivity contribution in [1.29, 1.82) is 0 Å². The lowest BCUT2D eigenvalue weighted by Gasteiger charge is -2.10. The molecule has 0 saturated heterocycles. The number of nitrogens with one attached hydrogen (secondary N) is 1. The SMILES string of the molecule is Cc1cccc(CS(=O)(=O)Nc2ccc(-n3cccc3)cc2)c1. The van der Waals surface area contributed by atoms with E-state index in [1.54, 1.807) is 12.1 Å². The van der Waals surface area contributed by atoms with Crippen LogP contribution in [0.15, 0.2) is 73.1 Å². The van der Waals surface area contributed by atoms with Gasteiger partial charge in [-0.2, -0.15) is 0 Å². The first-order chi connectivity index (χ1) is 11.0. The maximum Gasteiger partial charge on any atom is 0.236 e. The molecule has 2 aromatic carbocycles. The molecule has 0 aliphatic heterocycles. The second-order valence-corrected chi connectivity index (χ2v) is 7.21. The Morgan fingerprint density at radius 3 is 2.30 bits per heavy atom. The Labute approximate surface area is 136 Å². The molecule has 0 fully saturated rings. The number of nitrogens with zero attached hydrogens (tertiary/aromatic N) is 1. The molecule has 3 rings (SSSR count). The molecule has 4 nitrogen and oxygen atoms in total. The fourth-order valence-electron chi connectivity index (χ4n) is 2.45. The van der Waals surface area contributed by atoms with Crippen LogP contribution >= 0.6 is 0 Å². The molecule has 0 amide bonds. The van der Waals surface area contributed by atoms with Gasteiger partial charge < -0.3 is 4.57 Å². The molecule has 0 spiro atoms. The third kappa shape index (κ3) is 4.02. The molecule has 1 aromatic heterocycles. The largest absolute Gasteiger partial charge is 0.324 e. The van der Waals surface area contributed by atoms with Crippen molar-refractivity contribution in [3.63, 3.8) is 0 Å². The zero-order valence-electron chi connectivity index (χ0n) is 12.8. The van der Waals surface area contributed by atoms with E-state index < -0.39 is 10.0 Å². The number of benzene rings is 2. The summed E-state index contributed by atoms with van der Waals surface area (Å²) in [6.45, 7) is 1.95. The van der Waals surface area contributed by atoms with E-state index in [0.717, 1.165) is 16.8 Å². The van der Waals surface area contributed by atoms with Gasteiger partial charge in [-0.15, -0.1) is 0 Å². The molecule has 0 atom stereocenters. The highest BCUT2D eigenvalue weighted by Crippen LogP contribution is 2.16. The Bertz CT molecular complexity index is 883. The van der Waals surface area contributed by atoms with Crippen molar-refractivity contribution in [1.82, 2.24) is 4.57 Å². The van der Waals surface area contributed by atoms with E-state index >= 15 is 0 Å². The van der Waals surface area contributed by atoms with Crippen LogP contribution in [0.3, 0.4) is 0 Å². The summed E-state index contributed by atoms with van der Waals surface area (Å²) in [5.41, 5.74) is 3.38. The Kier molecular flexibility index (Phi) is 4.21. The van der Waals surface area contributed by atoms with Crippen LogP contribution in [0.2, 0.25) is 0 Å². The standard InChI is InChI=1S/C18H18N2O2S/c1-15-5-4-6-16(13-15)14-23(21,22)19-17-7-9-18(10-8-17)20-11-2-3-12-20/h2-13,19H,14H2,1H3. The van der Waals surface area contributed by atoms with Gasteiger partial charge >= 0.3 is 0 Å². The minimum Gasteiger partial charge on any atom is -0.324 e. The fourth-order valence-corrected chi connectivity index (χ4v) is 3.63. The maximum atomic E-state index is 12.3. The first kappa shape index (κ1) is 15.4. The zero-order valence-corrected chi connectivity index (χ0v) is 13.6. The van der Waals surface area contributed by atoms with Crippen molar-refractivity contribution in [2.75, 3.05) is 4.72 Å². The maximum absolute atomic E-state index is 12.3. The second kappa shape index (κ2) is 6.30. The topological polar surface area (TPSA) is 51.1 Å². The van der Waals surface area contributed by atoms with Gasteiger partial charge in [-0.25, -0.2) is 8.42 Å². The van der Waals surface area contributed by atoms with E-state index in [4.69, 9.17) is 0 Å². The van der Waals surface area contributed by atoms with Gasteiger partial charge in [0, 0.05) is 23.8 Å². The van der Waals surface area contributed by atoms with Crippen LogP contribution in [0, 0.1) is 6.92 Å². The Morgan fingerprint density at radius 2 is 1.65 bits per heavy atom. The van der Waals surface area contributed by atoms with Crippen molar-refractivity contribution in [2.45, 2.75) is 12.7 Å². The number of hydrogen-bond acceptors (Lipinski definition) is 2. The molecule has 23 heavy (non-hydrogen) atoms. The Hall–Kier alpha value is -2.53. The van der Waals surface area contributed by atoms with Gasteiger partial charge in [-0.3, -0.25) is 4.72 Å². The van der Waals surface area contributed by atoms with E-state index in [2.05, 4.69) is 4.72 Å². The van der Waals surface area contributed by atoms with E-state index in [-0.39, 0.29) is 5.75 Å². The first-order valence-electron chi connectivity index (χ1n) is 7.31. The van der Waals surface area contributed by atoms with Crippen molar-refractivity contribution < 1.29 is 8.42 Å². The highest BCUT2D eigenvalue weighted by molar-refractivity contribution is 7.91. The Balaban J connectivity index is 1.73.